The second kappa shape index (κ2) is 87.9. The van der Waals surface area contributed by atoms with Crippen LogP contribution in [0, 0.1) is 0 Å². The largest absolute Gasteiger partial charge is 0.392 e. The molecule has 4 atom stereocenters. The van der Waals surface area contributed by atoms with Gasteiger partial charge in [0.25, 0.3) is 0 Å². The van der Waals surface area contributed by atoms with Gasteiger partial charge in [-0.1, -0.05) is 382 Å². The highest BCUT2D eigenvalue weighted by Gasteiger charge is 2.20. The number of aliphatic hydroxyl groups is 4. The van der Waals surface area contributed by atoms with Crippen molar-refractivity contribution in [1.82, 2.24) is 14.7 Å². The van der Waals surface area contributed by atoms with Crippen LogP contribution in [0.3, 0.4) is 0 Å². The average molecular weight is 1460 g/mol. The molecule has 4 N–H and O–H groups in total. The lowest BCUT2D eigenvalue weighted by Gasteiger charge is -2.31. The number of hydrogen-bond acceptors (Lipinski definition) is 7. The Balaban J connectivity index is 5.37. The minimum Gasteiger partial charge on any atom is -0.392 e. The SMILES string of the molecule is CCCCCCCC/C=C\C/C=C\CCCCCCCCC(O)CN(CCN(C)CCN(CC(O)CCCCCCCC/C=C\C/C=C\CCCCCCCC)CC(O)CCCCCCCC/C=C\C/C=C\CCCCCCCC)CC(O)CCCCCCCC/C=C\C/C=C\CCCCCCCC. The Morgan fingerprint density at radius 2 is 0.346 bits per heavy atom. The number of allylic oxidation sites excluding steroid dienone is 16. The van der Waals surface area contributed by atoms with Crippen molar-refractivity contribution in [3.63, 3.8) is 0 Å². The second-order valence-electron chi connectivity index (χ2n) is 32.2. The van der Waals surface area contributed by atoms with E-state index in [-0.39, 0.29) is 0 Å². The van der Waals surface area contributed by atoms with E-state index in [2.05, 4.69) is 147 Å². The third-order valence-corrected chi connectivity index (χ3v) is 21.4. The van der Waals surface area contributed by atoms with E-state index in [1.54, 1.807) is 0 Å². The van der Waals surface area contributed by atoms with Crippen LogP contribution in [0.2, 0.25) is 0 Å². The van der Waals surface area contributed by atoms with E-state index in [1.165, 1.54) is 334 Å². The monoisotopic (exact) mass is 1450 g/mol. The van der Waals surface area contributed by atoms with Crippen LogP contribution < -0.4 is 0 Å². The summed E-state index contributed by atoms with van der Waals surface area (Å²) in [6.07, 6.45) is 115. The highest BCUT2D eigenvalue weighted by molar-refractivity contribution is 4.96. The lowest BCUT2D eigenvalue weighted by molar-refractivity contribution is 0.0492. The van der Waals surface area contributed by atoms with E-state index >= 15 is 0 Å². The number of aliphatic hydroxyl groups excluding tert-OH is 4. The Hall–Kier alpha value is -2.36. The fraction of sp³-hybridized carbons (Fsp3) is 0.835. The lowest BCUT2D eigenvalue weighted by Crippen LogP contribution is -2.44. The third kappa shape index (κ3) is 83.7. The molecule has 7 nitrogen and oxygen atoms in total. The smallest absolute Gasteiger partial charge is 0.0667 e. The molecule has 0 rings (SSSR count). The van der Waals surface area contributed by atoms with E-state index in [9.17, 15) is 20.4 Å². The zero-order valence-corrected chi connectivity index (χ0v) is 70.6. The van der Waals surface area contributed by atoms with E-state index in [0.717, 1.165) is 103 Å². The Kier molecular flexibility index (Phi) is 85.9. The van der Waals surface area contributed by atoms with Crippen LogP contribution in [-0.2, 0) is 0 Å². The summed E-state index contributed by atoms with van der Waals surface area (Å²) in [5.41, 5.74) is 0. The van der Waals surface area contributed by atoms with Gasteiger partial charge in [0.05, 0.1) is 24.4 Å². The summed E-state index contributed by atoms with van der Waals surface area (Å²) in [6, 6.07) is 0. The van der Waals surface area contributed by atoms with Crippen LogP contribution in [0.1, 0.15) is 439 Å². The molecular weight excluding hydrogens is 1270 g/mol. The number of nitrogens with zero attached hydrogens (tertiary/aromatic N) is 3. The molecule has 0 amide bonds. The van der Waals surface area contributed by atoms with E-state index < -0.39 is 24.4 Å². The van der Waals surface area contributed by atoms with Crippen molar-refractivity contribution >= 4 is 0 Å². The van der Waals surface area contributed by atoms with Crippen LogP contribution in [0.5, 0.6) is 0 Å². The molecule has 0 radical (unpaired) electrons. The molecule has 0 aromatic heterocycles. The van der Waals surface area contributed by atoms with Gasteiger partial charge < -0.3 is 25.3 Å². The van der Waals surface area contributed by atoms with Crippen molar-refractivity contribution in [2.45, 2.75) is 463 Å². The summed E-state index contributed by atoms with van der Waals surface area (Å²) in [7, 11) is 2.20. The zero-order valence-electron chi connectivity index (χ0n) is 70.6. The van der Waals surface area contributed by atoms with Gasteiger partial charge in [0.1, 0.15) is 0 Å². The summed E-state index contributed by atoms with van der Waals surface area (Å²) in [6.45, 7) is 14.8. The molecule has 0 bridgehead atoms. The van der Waals surface area contributed by atoms with Crippen LogP contribution in [-0.4, -0.2) is 119 Å². The fourth-order valence-corrected chi connectivity index (χ4v) is 14.4. The number of likely N-dealkylation sites (N-methyl/N-ethyl adjacent to an activating group) is 1. The van der Waals surface area contributed by atoms with Crippen molar-refractivity contribution in [3.05, 3.63) is 97.2 Å². The Morgan fingerprint density at radius 1 is 0.192 bits per heavy atom. The highest BCUT2D eigenvalue weighted by Crippen LogP contribution is 2.19. The summed E-state index contributed by atoms with van der Waals surface area (Å²) < 4.78 is 0. The Morgan fingerprint density at radius 3 is 0.519 bits per heavy atom. The molecule has 610 valence electrons. The molecule has 0 aromatic rings. The maximum absolute atomic E-state index is 11.5. The maximum Gasteiger partial charge on any atom is 0.0667 e. The van der Waals surface area contributed by atoms with Gasteiger partial charge in [-0.3, -0.25) is 9.80 Å². The van der Waals surface area contributed by atoms with Crippen LogP contribution in [0.4, 0.5) is 0 Å². The molecule has 0 aliphatic rings. The first-order chi connectivity index (χ1) is 51.2. The van der Waals surface area contributed by atoms with Crippen LogP contribution in [0.25, 0.3) is 0 Å². The Bertz CT molecular complexity index is 1630. The van der Waals surface area contributed by atoms with Gasteiger partial charge in [0, 0.05) is 52.4 Å². The molecule has 0 fully saturated rings. The molecule has 0 heterocycles. The first kappa shape index (κ1) is 102. The molecule has 0 saturated carbocycles. The van der Waals surface area contributed by atoms with E-state index in [1.807, 2.05) is 0 Å². The van der Waals surface area contributed by atoms with Crippen molar-refractivity contribution in [3.8, 4) is 0 Å². The standard InChI is InChI=1S/C97H183N3O4/c1-6-10-14-18-22-26-30-34-38-42-46-50-54-58-62-66-70-74-78-82-94(101)90-99(91-95(102)83-79-75-71-67-63-59-55-51-47-43-39-35-31-27-23-19-15-11-7-2)88-86-98(5)87-89-100(92-96(103)84-80-76-72-68-64-60-56-52-48-44-40-36-32-28-24-20-16-12-8-3)93-97(104)85-81-77-73-69-65-61-57-53-49-45-41-37-33-29-25-21-17-13-9-4/h34-41,46-53,94-97,101-104H,6-33,42-45,54-93H2,1-5H3/b38-34-,39-35-,40-36-,41-37-,50-46-,51-47-,52-48-,53-49-. The van der Waals surface area contributed by atoms with Gasteiger partial charge in [0.2, 0.25) is 0 Å². The average Bonchev–Trinajstić information content (AvgIpc) is 1.00. The van der Waals surface area contributed by atoms with Crippen molar-refractivity contribution in [2.24, 2.45) is 0 Å². The Labute approximate surface area is 651 Å². The third-order valence-electron chi connectivity index (χ3n) is 21.4. The molecule has 0 spiro atoms. The van der Waals surface area contributed by atoms with Gasteiger partial charge in [0.15, 0.2) is 0 Å². The highest BCUT2D eigenvalue weighted by atomic mass is 16.3. The van der Waals surface area contributed by atoms with Gasteiger partial charge in [-0.2, -0.15) is 0 Å². The van der Waals surface area contributed by atoms with Gasteiger partial charge in [-0.05, 0) is 161 Å². The minimum absolute atomic E-state index is 0.397. The lowest BCUT2D eigenvalue weighted by atomic mass is 10.0. The quantitative estimate of drug-likeness (QED) is 0.0356. The maximum atomic E-state index is 11.5. The van der Waals surface area contributed by atoms with E-state index in [0.29, 0.717) is 26.2 Å². The molecule has 0 aliphatic carbocycles. The van der Waals surface area contributed by atoms with Crippen molar-refractivity contribution < 1.29 is 20.4 Å². The number of rotatable bonds is 86. The topological polar surface area (TPSA) is 90.6 Å². The van der Waals surface area contributed by atoms with Gasteiger partial charge in [-0.25, -0.2) is 0 Å². The minimum atomic E-state index is -0.397. The van der Waals surface area contributed by atoms with Gasteiger partial charge >= 0.3 is 0 Å². The predicted octanol–water partition coefficient (Wildman–Crippen LogP) is 28.5. The summed E-state index contributed by atoms with van der Waals surface area (Å²) in [5.74, 6) is 0. The predicted molar refractivity (Wildman–Crippen MR) is 466 cm³/mol. The van der Waals surface area contributed by atoms with Crippen molar-refractivity contribution in [2.75, 3.05) is 59.4 Å². The number of unbranched alkanes of at least 4 members (excludes halogenated alkanes) is 48. The fourth-order valence-electron chi connectivity index (χ4n) is 14.4. The normalized spacial score (nSPS) is 13.9. The summed E-state index contributed by atoms with van der Waals surface area (Å²) in [4.78, 5) is 7.08. The molecule has 0 aromatic carbocycles. The summed E-state index contributed by atoms with van der Waals surface area (Å²) in [5, 5.41) is 46.1. The zero-order chi connectivity index (χ0) is 75.3. The first-order valence-electron chi connectivity index (χ1n) is 46.3. The van der Waals surface area contributed by atoms with Crippen LogP contribution >= 0.6 is 0 Å². The second-order valence-corrected chi connectivity index (χ2v) is 32.2. The van der Waals surface area contributed by atoms with Crippen LogP contribution in [0.15, 0.2) is 97.2 Å². The van der Waals surface area contributed by atoms with Crippen molar-refractivity contribution in [1.29, 1.82) is 0 Å². The van der Waals surface area contributed by atoms with Gasteiger partial charge in [-0.15, -0.1) is 0 Å². The van der Waals surface area contributed by atoms with E-state index in [4.69, 9.17) is 0 Å². The first-order valence-corrected chi connectivity index (χ1v) is 46.3. The molecule has 104 heavy (non-hydrogen) atoms. The molecule has 0 saturated heterocycles. The summed E-state index contributed by atoms with van der Waals surface area (Å²) >= 11 is 0. The molecule has 0 aliphatic heterocycles. The number of hydrogen-bond donors (Lipinski definition) is 4. The molecule has 4 unspecified atom stereocenters. The molecule has 7 heteroatoms. The molecular formula is C97H183N3O4.